The van der Waals surface area contributed by atoms with E-state index in [1.54, 1.807) is 0 Å². The number of hydrogen-bond acceptors (Lipinski definition) is 6. The molecule has 0 aliphatic heterocycles. The molecular formula is C25H19N3O3S. The fraction of sp³-hybridized carbons (Fsp3) is 0.0800. The number of amides is 1. The quantitative estimate of drug-likeness (QED) is 0.327. The monoisotopic (exact) mass is 441 g/mol. The second kappa shape index (κ2) is 9.11. The van der Waals surface area contributed by atoms with E-state index in [1.165, 1.54) is 11.8 Å². The number of anilines is 1. The van der Waals surface area contributed by atoms with Gasteiger partial charge >= 0.3 is 0 Å². The molecule has 0 aliphatic carbocycles. The van der Waals surface area contributed by atoms with Crippen molar-refractivity contribution < 1.29 is 13.9 Å². The zero-order valence-corrected chi connectivity index (χ0v) is 17.8. The number of aromatic nitrogens is 2. The minimum atomic E-state index is -0.140. The Balaban J connectivity index is 1.15. The molecule has 5 rings (SSSR count). The highest BCUT2D eigenvalue weighted by Crippen LogP contribution is 2.24. The molecule has 4 aromatic carbocycles. The number of carbonyl (C=O) groups excluding carboxylic acids is 1. The van der Waals surface area contributed by atoms with Gasteiger partial charge in [0, 0.05) is 11.1 Å². The Labute approximate surface area is 188 Å². The van der Waals surface area contributed by atoms with Crippen molar-refractivity contribution in [3.05, 3.63) is 90.8 Å². The van der Waals surface area contributed by atoms with Crippen LogP contribution in [0.3, 0.4) is 0 Å². The van der Waals surface area contributed by atoms with Gasteiger partial charge in [-0.15, -0.1) is 10.2 Å². The summed E-state index contributed by atoms with van der Waals surface area (Å²) in [6.45, 7) is 0.161. The highest BCUT2D eigenvalue weighted by Gasteiger charge is 2.12. The Morgan fingerprint density at radius 1 is 0.875 bits per heavy atom. The highest BCUT2D eigenvalue weighted by atomic mass is 32.2. The molecule has 7 heteroatoms. The Morgan fingerprint density at radius 2 is 1.66 bits per heavy atom. The molecule has 0 saturated heterocycles. The average molecular weight is 442 g/mol. The first-order chi connectivity index (χ1) is 15.7. The van der Waals surface area contributed by atoms with E-state index >= 15 is 0 Å². The number of hydrogen-bond donors (Lipinski definition) is 1. The van der Waals surface area contributed by atoms with Gasteiger partial charge in [0.15, 0.2) is 6.61 Å². The zero-order chi connectivity index (χ0) is 21.8. The Hall–Kier alpha value is -3.84. The van der Waals surface area contributed by atoms with Gasteiger partial charge in [-0.2, -0.15) is 0 Å². The summed E-state index contributed by atoms with van der Waals surface area (Å²) in [6, 6.07) is 27.7. The second-order valence-corrected chi connectivity index (χ2v) is 8.05. The molecule has 1 amide bonds. The van der Waals surface area contributed by atoms with Crippen LogP contribution in [0.15, 0.2) is 94.6 Å². The summed E-state index contributed by atoms with van der Waals surface area (Å²) in [6.07, 6.45) is 0. The molecule has 0 radical (unpaired) electrons. The van der Waals surface area contributed by atoms with Crippen molar-refractivity contribution in [2.24, 2.45) is 0 Å². The lowest BCUT2D eigenvalue weighted by atomic mass is 10.1. The number of benzene rings is 4. The SMILES string of the molecule is O=C(CSc1nnc(COc2ccc3ccccc3c2)o1)Nc1cccc2ccccc12. The Kier molecular flexibility index (Phi) is 5.72. The summed E-state index contributed by atoms with van der Waals surface area (Å²) >= 11 is 1.19. The summed E-state index contributed by atoms with van der Waals surface area (Å²) in [5, 5.41) is 15.6. The van der Waals surface area contributed by atoms with Crippen LogP contribution in [0, 0.1) is 0 Å². The van der Waals surface area contributed by atoms with Gasteiger partial charge in [-0.25, -0.2) is 0 Å². The van der Waals surface area contributed by atoms with E-state index in [1.807, 2.05) is 78.9 Å². The van der Waals surface area contributed by atoms with Gasteiger partial charge < -0.3 is 14.5 Å². The van der Waals surface area contributed by atoms with E-state index in [4.69, 9.17) is 9.15 Å². The van der Waals surface area contributed by atoms with Gasteiger partial charge in [0.05, 0.1) is 5.75 Å². The molecule has 1 N–H and O–H groups in total. The number of thioether (sulfide) groups is 1. The van der Waals surface area contributed by atoms with Gasteiger partial charge in [0.2, 0.25) is 5.91 Å². The van der Waals surface area contributed by atoms with Crippen LogP contribution in [0.25, 0.3) is 21.5 Å². The average Bonchev–Trinajstić information content (AvgIpc) is 3.29. The van der Waals surface area contributed by atoms with E-state index in [9.17, 15) is 4.79 Å². The fourth-order valence-corrected chi connectivity index (χ4v) is 3.99. The lowest BCUT2D eigenvalue weighted by Crippen LogP contribution is -2.14. The van der Waals surface area contributed by atoms with E-state index < -0.39 is 0 Å². The van der Waals surface area contributed by atoms with Crippen molar-refractivity contribution in [2.45, 2.75) is 11.8 Å². The molecule has 0 atom stereocenters. The predicted octanol–water partition coefficient (Wildman–Crippen LogP) is 5.69. The molecule has 32 heavy (non-hydrogen) atoms. The predicted molar refractivity (Wildman–Crippen MR) is 126 cm³/mol. The first-order valence-corrected chi connectivity index (χ1v) is 11.1. The number of carbonyl (C=O) groups is 1. The maximum absolute atomic E-state index is 12.4. The third-order valence-electron chi connectivity index (χ3n) is 4.92. The molecular weight excluding hydrogens is 422 g/mol. The largest absolute Gasteiger partial charge is 0.484 e. The summed E-state index contributed by atoms with van der Waals surface area (Å²) < 4.78 is 11.4. The molecule has 158 valence electrons. The van der Waals surface area contributed by atoms with Crippen molar-refractivity contribution in [1.29, 1.82) is 0 Å². The second-order valence-electron chi connectivity index (χ2n) is 7.12. The third-order valence-corrected chi connectivity index (χ3v) is 5.74. The zero-order valence-electron chi connectivity index (χ0n) is 17.0. The molecule has 1 aromatic heterocycles. The number of nitrogens with one attached hydrogen (secondary N) is 1. The van der Waals surface area contributed by atoms with Crippen LogP contribution >= 0.6 is 11.8 Å². The third kappa shape index (κ3) is 4.58. The smallest absolute Gasteiger partial charge is 0.277 e. The molecule has 0 fully saturated rings. The maximum atomic E-state index is 12.4. The normalized spacial score (nSPS) is 11.0. The van der Waals surface area contributed by atoms with Crippen molar-refractivity contribution >= 4 is 44.9 Å². The molecule has 1 heterocycles. The van der Waals surface area contributed by atoms with Crippen molar-refractivity contribution in [1.82, 2.24) is 10.2 Å². The summed E-state index contributed by atoms with van der Waals surface area (Å²) in [5.41, 5.74) is 0.781. The first-order valence-electron chi connectivity index (χ1n) is 10.1. The summed E-state index contributed by atoms with van der Waals surface area (Å²) in [7, 11) is 0. The van der Waals surface area contributed by atoms with Crippen LogP contribution < -0.4 is 10.1 Å². The minimum Gasteiger partial charge on any atom is -0.484 e. The van der Waals surface area contributed by atoms with Crippen LogP contribution in [-0.4, -0.2) is 21.9 Å². The molecule has 0 spiro atoms. The van der Waals surface area contributed by atoms with Crippen molar-refractivity contribution in [3.8, 4) is 5.75 Å². The lowest BCUT2D eigenvalue weighted by Gasteiger charge is -2.07. The highest BCUT2D eigenvalue weighted by molar-refractivity contribution is 7.99. The fourth-order valence-electron chi connectivity index (χ4n) is 3.41. The number of nitrogens with zero attached hydrogens (tertiary/aromatic N) is 2. The number of rotatable bonds is 7. The molecule has 5 aromatic rings. The summed E-state index contributed by atoms with van der Waals surface area (Å²) in [5.74, 6) is 1.11. The number of ether oxygens (including phenoxy) is 1. The Morgan fingerprint density at radius 3 is 2.56 bits per heavy atom. The van der Waals surface area contributed by atoms with Crippen LogP contribution in [0.1, 0.15) is 5.89 Å². The molecule has 0 bridgehead atoms. The molecule has 0 aliphatic rings. The van der Waals surface area contributed by atoms with Gasteiger partial charge in [0.1, 0.15) is 5.75 Å². The summed E-state index contributed by atoms with van der Waals surface area (Å²) in [4.78, 5) is 12.4. The van der Waals surface area contributed by atoms with Crippen molar-refractivity contribution in [2.75, 3.05) is 11.1 Å². The van der Waals surface area contributed by atoms with E-state index in [0.717, 1.165) is 33.0 Å². The van der Waals surface area contributed by atoms with E-state index in [0.29, 0.717) is 11.1 Å². The van der Waals surface area contributed by atoms with E-state index in [2.05, 4.69) is 21.6 Å². The lowest BCUT2D eigenvalue weighted by molar-refractivity contribution is -0.113. The molecule has 0 unspecified atom stereocenters. The Bertz CT molecular complexity index is 1390. The first kappa shape index (κ1) is 20.1. The number of fused-ring (bicyclic) bond motifs is 2. The molecule has 0 saturated carbocycles. The topological polar surface area (TPSA) is 77.2 Å². The van der Waals surface area contributed by atoms with Crippen LogP contribution in [0.2, 0.25) is 0 Å². The van der Waals surface area contributed by atoms with Gasteiger partial charge in [-0.3, -0.25) is 4.79 Å². The maximum Gasteiger partial charge on any atom is 0.277 e. The van der Waals surface area contributed by atoms with Crippen LogP contribution in [-0.2, 0) is 11.4 Å². The van der Waals surface area contributed by atoms with Gasteiger partial charge in [0.25, 0.3) is 11.1 Å². The minimum absolute atomic E-state index is 0.140. The van der Waals surface area contributed by atoms with Crippen molar-refractivity contribution in [3.63, 3.8) is 0 Å². The molecule has 6 nitrogen and oxygen atoms in total. The van der Waals surface area contributed by atoms with Gasteiger partial charge in [-0.1, -0.05) is 78.5 Å². The standard InChI is InChI=1S/C25H19N3O3S/c29-23(26-22-11-5-9-18-7-3-4-10-21(18)22)16-32-25-28-27-24(31-25)15-30-20-13-12-17-6-1-2-8-19(17)14-20/h1-14H,15-16H2,(H,26,29). The van der Waals surface area contributed by atoms with E-state index in [-0.39, 0.29) is 18.3 Å². The van der Waals surface area contributed by atoms with Crippen LogP contribution in [0.4, 0.5) is 5.69 Å². The van der Waals surface area contributed by atoms with Gasteiger partial charge in [-0.05, 0) is 34.4 Å². The van der Waals surface area contributed by atoms with Crippen LogP contribution in [0.5, 0.6) is 5.75 Å².